The van der Waals surface area contributed by atoms with Crippen molar-refractivity contribution < 1.29 is 4.79 Å². The minimum Gasteiger partial charge on any atom is -0.356 e. The lowest BCUT2D eigenvalue weighted by Crippen LogP contribution is -2.27. The molecule has 0 aliphatic rings. The van der Waals surface area contributed by atoms with Crippen molar-refractivity contribution in [3.63, 3.8) is 0 Å². The number of unbranched alkanes of at least 4 members (excludes halogenated alkanes) is 2. The van der Waals surface area contributed by atoms with Crippen molar-refractivity contribution >= 4 is 16.7 Å². The first-order valence-corrected chi connectivity index (χ1v) is 7.08. The topological polar surface area (TPSA) is 62.0 Å². The first-order chi connectivity index (χ1) is 9.70. The van der Waals surface area contributed by atoms with Crippen LogP contribution in [0.3, 0.4) is 0 Å². The largest absolute Gasteiger partial charge is 0.356 e. The Kier molecular flexibility index (Phi) is 4.93. The normalized spacial score (nSPS) is 10.7. The van der Waals surface area contributed by atoms with Gasteiger partial charge in [0.25, 0.3) is 5.56 Å². The molecular weight excluding hydrogens is 252 g/mol. The lowest BCUT2D eigenvalue weighted by molar-refractivity contribution is -0.120. The van der Waals surface area contributed by atoms with Gasteiger partial charge in [0.1, 0.15) is 0 Å². The molecule has 1 aromatic carbocycles. The van der Waals surface area contributed by atoms with Gasteiger partial charge in [-0.15, -0.1) is 0 Å². The highest BCUT2D eigenvalue weighted by Crippen LogP contribution is 2.10. The van der Waals surface area contributed by atoms with E-state index in [1.807, 2.05) is 24.3 Å². The highest BCUT2D eigenvalue weighted by molar-refractivity contribution is 5.83. The van der Waals surface area contributed by atoms with Gasteiger partial charge >= 0.3 is 0 Å². The molecule has 2 aromatic rings. The third kappa shape index (κ3) is 3.70. The van der Waals surface area contributed by atoms with Crippen molar-refractivity contribution in [2.45, 2.75) is 32.6 Å². The molecule has 4 nitrogen and oxygen atoms in total. The Morgan fingerprint density at radius 1 is 1.25 bits per heavy atom. The number of aromatic amines is 1. The predicted octanol–water partition coefficient (Wildman–Crippen LogP) is 2.38. The van der Waals surface area contributed by atoms with Crippen molar-refractivity contribution in [3.8, 4) is 0 Å². The lowest BCUT2D eigenvalue weighted by Gasteiger charge is -2.06. The van der Waals surface area contributed by atoms with Gasteiger partial charge in [0, 0.05) is 17.6 Å². The van der Waals surface area contributed by atoms with Crippen LogP contribution in [0.25, 0.3) is 10.8 Å². The first-order valence-electron chi connectivity index (χ1n) is 7.08. The molecule has 2 N–H and O–H groups in total. The van der Waals surface area contributed by atoms with Crippen molar-refractivity contribution in [1.82, 2.24) is 10.3 Å². The Bertz CT molecular complexity index is 646. The molecule has 106 valence electrons. The van der Waals surface area contributed by atoms with E-state index in [1.54, 1.807) is 6.07 Å². The van der Waals surface area contributed by atoms with Crippen LogP contribution < -0.4 is 10.9 Å². The zero-order valence-electron chi connectivity index (χ0n) is 11.7. The van der Waals surface area contributed by atoms with Crippen LogP contribution >= 0.6 is 0 Å². The maximum atomic E-state index is 11.9. The maximum Gasteiger partial charge on any atom is 0.256 e. The molecule has 1 amide bonds. The van der Waals surface area contributed by atoms with Gasteiger partial charge in [0.05, 0.1) is 6.42 Å². The van der Waals surface area contributed by atoms with E-state index in [4.69, 9.17) is 0 Å². The van der Waals surface area contributed by atoms with Crippen LogP contribution in [0, 0.1) is 0 Å². The Morgan fingerprint density at radius 2 is 2.05 bits per heavy atom. The minimum atomic E-state index is -0.142. The van der Waals surface area contributed by atoms with Gasteiger partial charge in [-0.2, -0.15) is 0 Å². The van der Waals surface area contributed by atoms with Gasteiger partial charge in [-0.05, 0) is 23.9 Å². The molecule has 0 fully saturated rings. The maximum absolute atomic E-state index is 11.9. The number of fused-ring (bicyclic) bond motifs is 1. The Morgan fingerprint density at radius 3 is 2.85 bits per heavy atom. The van der Waals surface area contributed by atoms with Gasteiger partial charge in [-0.1, -0.05) is 38.0 Å². The fraction of sp³-hybridized carbons (Fsp3) is 0.375. The molecule has 4 heteroatoms. The molecule has 0 atom stereocenters. The molecule has 0 aliphatic heterocycles. The number of nitrogens with one attached hydrogen (secondary N) is 2. The summed E-state index contributed by atoms with van der Waals surface area (Å²) in [7, 11) is 0. The Hall–Kier alpha value is -2.10. The summed E-state index contributed by atoms with van der Waals surface area (Å²) in [5, 5.41) is 4.39. The van der Waals surface area contributed by atoms with Crippen LogP contribution in [0.5, 0.6) is 0 Å². The highest BCUT2D eigenvalue weighted by Gasteiger charge is 2.06. The zero-order valence-corrected chi connectivity index (χ0v) is 11.7. The fourth-order valence-electron chi connectivity index (χ4n) is 2.20. The summed E-state index contributed by atoms with van der Waals surface area (Å²) in [4.78, 5) is 26.4. The van der Waals surface area contributed by atoms with E-state index in [9.17, 15) is 9.59 Å². The second-order valence-corrected chi connectivity index (χ2v) is 4.94. The second kappa shape index (κ2) is 6.89. The number of hydrogen-bond donors (Lipinski definition) is 2. The standard InChI is InChI=1S/C16H20N2O2/c1-2-3-6-9-17-15(19)11-13-10-12-7-4-5-8-14(12)16(20)18-13/h4-5,7-8,10H,2-3,6,9,11H2,1H3,(H,17,19)(H,18,20). The van der Waals surface area contributed by atoms with E-state index >= 15 is 0 Å². The Balaban J connectivity index is 2.03. The molecule has 2 rings (SSSR count). The van der Waals surface area contributed by atoms with Crippen molar-refractivity contribution in [2.24, 2.45) is 0 Å². The van der Waals surface area contributed by atoms with E-state index in [1.165, 1.54) is 0 Å². The predicted molar refractivity (Wildman–Crippen MR) is 80.8 cm³/mol. The SMILES string of the molecule is CCCCCNC(=O)Cc1cc2ccccc2c(=O)[nH]1. The van der Waals surface area contributed by atoms with Gasteiger partial charge in [0.2, 0.25) is 5.91 Å². The summed E-state index contributed by atoms with van der Waals surface area (Å²) in [6.45, 7) is 2.83. The van der Waals surface area contributed by atoms with Crippen LogP contribution in [-0.4, -0.2) is 17.4 Å². The zero-order chi connectivity index (χ0) is 14.4. The lowest BCUT2D eigenvalue weighted by atomic mass is 10.1. The van der Waals surface area contributed by atoms with Gasteiger partial charge in [-0.3, -0.25) is 9.59 Å². The van der Waals surface area contributed by atoms with E-state index in [2.05, 4.69) is 17.2 Å². The smallest absolute Gasteiger partial charge is 0.256 e. The number of hydrogen-bond acceptors (Lipinski definition) is 2. The van der Waals surface area contributed by atoms with Crippen molar-refractivity contribution in [2.75, 3.05) is 6.54 Å². The van der Waals surface area contributed by atoms with Crippen LogP contribution in [0.2, 0.25) is 0 Å². The van der Waals surface area contributed by atoms with Gasteiger partial charge in [0.15, 0.2) is 0 Å². The molecule has 0 saturated heterocycles. The van der Waals surface area contributed by atoms with Crippen LogP contribution in [0.1, 0.15) is 31.9 Å². The number of carbonyl (C=O) groups is 1. The number of H-pyrrole nitrogens is 1. The molecule has 1 heterocycles. The molecule has 0 spiro atoms. The third-order valence-corrected chi connectivity index (χ3v) is 3.26. The van der Waals surface area contributed by atoms with Crippen LogP contribution in [-0.2, 0) is 11.2 Å². The third-order valence-electron chi connectivity index (χ3n) is 3.26. The quantitative estimate of drug-likeness (QED) is 0.793. The molecule has 0 radical (unpaired) electrons. The fourth-order valence-corrected chi connectivity index (χ4v) is 2.20. The van der Waals surface area contributed by atoms with E-state index in [0.29, 0.717) is 17.6 Å². The molecule has 1 aromatic heterocycles. The van der Waals surface area contributed by atoms with E-state index in [-0.39, 0.29) is 17.9 Å². The molecule has 0 bridgehead atoms. The van der Waals surface area contributed by atoms with Gasteiger partial charge in [-0.25, -0.2) is 0 Å². The average Bonchev–Trinajstić information content (AvgIpc) is 2.44. The molecule has 0 aliphatic carbocycles. The minimum absolute atomic E-state index is 0.0490. The summed E-state index contributed by atoms with van der Waals surface area (Å²) in [5.41, 5.74) is 0.513. The second-order valence-electron chi connectivity index (χ2n) is 4.94. The van der Waals surface area contributed by atoms with Crippen LogP contribution in [0.15, 0.2) is 35.1 Å². The number of benzene rings is 1. The number of carbonyl (C=O) groups excluding carboxylic acids is 1. The van der Waals surface area contributed by atoms with Crippen molar-refractivity contribution in [1.29, 1.82) is 0 Å². The molecule has 0 unspecified atom stereocenters. The number of amides is 1. The number of rotatable bonds is 6. The molecular formula is C16H20N2O2. The first kappa shape index (κ1) is 14.3. The van der Waals surface area contributed by atoms with Crippen LogP contribution in [0.4, 0.5) is 0 Å². The summed E-state index contributed by atoms with van der Waals surface area (Å²) >= 11 is 0. The van der Waals surface area contributed by atoms with Crippen molar-refractivity contribution in [3.05, 3.63) is 46.4 Å². The summed E-state index contributed by atoms with van der Waals surface area (Å²) in [6, 6.07) is 9.24. The molecule has 0 saturated carbocycles. The summed E-state index contributed by atoms with van der Waals surface area (Å²) in [5.74, 6) is -0.0490. The monoisotopic (exact) mass is 272 g/mol. The van der Waals surface area contributed by atoms with E-state index < -0.39 is 0 Å². The highest BCUT2D eigenvalue weighted by atomic mass is 16.1. The summed E-state index contributed by atoms with van der Waals surface area (Å²) < 4.78 is 0. The van der Waals surface area contributed by atoms with E-state index in [0.717, 1.165) is 24.6 Å². The van der Waals surface area contributed by atoms with Gasteiger partial charge < -0.3 is 10.3 Å². The number of aromatic nitrogens is 1. The number of pyridine rings is 1. The average molecular weight is 272 g/mol. The molecule has 20 heavy (non-hydrogen) atoms. The summed E-state index contributed by atoms with van der Waals surface area (Å²) in [6.07, 6.45) is 3.46. The Labute approximate surface area is 118 Å².